The first-order chi connectivity index (χ1) is 21.5. The van der Waals surface area contributed by atoms with E-state index in [4.69, 9.17) is 9.84 Å². The van der Waals surface area contributed by atoms with Crippen molar-refractivity contribution in [1.29, 1.82) is 0 Å². The van der Waals surface area contributed by atoms with E-state index in [2.05, 4.69) is 10.1 Å². The quantitative estimate of drug-likeness (QED) is 0.117. The summed E-state index contributed by atoms with van der Waals surface area (Å²) in [5.41, 5.74) is 2.26. The lowest BCUT2D eigenvalue weighted by atomic mass is 9.92. The van der Waals surface area contributed by atoms with Gasteiger partial charge in [0.1, 0.15) is 24.2 Å². The Morgan fingerprint density at radius 1 is 0.778 bits per heavy atom. The molecule has 0 aliphatic carbocycles. The molecular weight excluding hydrogens is 591 g/mol. The lowest BCUT2D eigenvalue weighted by Crippen LogP contribution is -2.25. The summed E-state index contributed by atoms with van der Waals surface area (Å²) in [6, 6.07) is 26.5. The van der Waals surface area contributed by atoms with Crippen LogP contribution in [0.1, 0.15) is 49.9 Å². The van der Waals surface area contributed by atoms with Gasteiger partial charge in [0, 0.05) is 17.7 Å². The molecule has 0 bridgehead atoms. The second kappa shape index (κ2) is 14.8. The summed E-state index contributed by atoms with van der Waals surface area (Å²) in [6.45, 7) is 0.274. The van der Waals surface area contributed by atoms with E-state index in [-0.39, 0.29) is 29.7 Å². The van der Waals surface area contributed by atoms with E-state index < -0.39 is 35.9 Å². The van der Waals surface area contributed by atoms with Gasteiger partial charge in [0.15, 0.2) is 5.78 Å². The number of amides is 1. The molecule has 0 radical (unpaired) electrons. The number of alkyl halides is 3. The van der Waals surface area contributed by atoms with Crippen LogP contribution in [0.2, 0.25) is 0 Å². The van der Waals surface area contributed by atoms with Crippen molar-refractivity contribution in [3.05, 3.63) is 137 Å². The molecule has 0 saturated carbocycles. The average molecular weight is 620 g/mol. The number of hydrogen-bond acceptors (Lipinski definition) is 6. The summed E-state index contributed by atoms with van der Waals surface area (Å²) in [4.78, 5) is 36.2. The minimum Gasteiger partial charge on any atom is -0.489 e. The van der Waals surface area contributed by atoms with Crippen molar-refractivity contribution >= 4 is 23.2 Å². The lowest BCUT2D eigenvalue weighted by Gasteiger charge is -2.17. The summed E-state index contributed by atoms with van der Waals surface area (Å²) in [6.07, 6.45) is -5.27. The van der Waals surface area contributed by atoms with E-state index in [0.717, 1.165) is 17.7 Å². The number of carbonyl (C=O) groups excluding carboxylic acids is 2. The number of aliphatic hydroxyl groups is 1. The van der Waals surface area contributed by atoms with Gasteiger partial charge in [0.05, 0.1) is 6.42 Å². The molecule has 0 aliphatic heterocycles. The number of carboxylic acids is 1. The summed E-state index contributed by atoms with van der Waals surface area (Å²) in [5.74, 6) is -2.07. The summed E-state index contributed by atoms with van der Waals surface area (Å²) < 4.78 is 47.3. The van der Waals surface area contributed by atoms with Gasteiger partial charge >= 0.3 is 12.3 Å². The number of halogens is 3. The number of carbonyl (C=O) groups is 3. The zero-order valence-electron chi connectivity index (χ0n) is 23.7. The van der Waals surface area contributed by atoms with Crippen molar-refractivity contribution in [1.82, 2.24) is 5.32 Å². The highest BCUT2D eigenvalue weighted by Gasteiger charge is 2.31. The van der Waals surface area contributed by atoms with Crippen LogP contribution < -0.4 is 14.8 Å². The average Bonchev–Trinajstić information content (AvgIpc) is 3.02. The maximum Gasteiger partial charge on any atom is 0.573 e. The van der Waals surface area contributed by atoms with Crippen LogP contribution in [0.5, 0.6) is 11.5 Å². The molecule has 0 fully saturated rings. The van der Waals surface area contributed by atoms with E-state index in [1.807, 2.05) is 30.3 Å². The summed E-state index contributed by atoms with van der Waals surface area (Å²) >= 11 is 0. The highest BCUT2D eigenvalue weighted by molar-refractivity contribution is 6.09. The molecule has 0 saturated heterocycles. The van der Waals surface area contributed by atoms with E-state index in [1.165, 1.54) is 42.5 Å². The molecule has 11 heteroatoms. The Bertz CT molecular complexity index is 1630. The number of aliphatic carboxylic acids is 1. The first-order valence-corrected chi connectivity index (χ1v) is 13.7. The number of allylic oxidation sites excluding steroid dienone is 1. The second-order valence-electron chi connectivity index (χ2n) is 9.76. The largest absolute Gasteiger partial charge is 0.573 e. The third kappa shape index (κ3) is 9.80. The molecule has 45 heavy (non-hydrogen) atoms. The van der Waals surface area contributed by atoms with Crippen LogP contribution in [-0.2, 0) is 11.4 Å². The molecule has 0 aliphatic rings. The lowest BCUT2D eigenvalue weighted by molar-refractivity contribution is -0.274. The SMILES string of the molecule is O=C(O)CCNC(=O)c1ccc(C(O)/C(=C\C(=O)c2ccc(OC(F)(F)F)cc2)c2ccc(OCc3ccccc3)cc2)cc1. The van der Waals surface area contributed by atoms with Gasteiger partial charge in [-0.15, -0.1) is 13.2 Å². The molecule has 0 spiro atoms. The number of hydrogen-bond donors (Lipinski definition) is 3. The van der Waals surface area contributed by atoms with Crippen LogP contribution in [-0.4, -0.2) is 40.8 Å². The molecule has 0 heterocycles. The predicted octanol–water partition coefficient (Wildman–Crippen LogP) is 6.37. The minimum absolute atomic E-state index is 0.0537. The fourth-order valence-electron chi connectivity index (χ4n) is 4.23. The molecule has 1 atom stereocenters. The van der Waals surface area contributed by atoms with Crippen LogP contribution in [0.15, 0.2) is 109 Å². The van der Waals surface area contributed by atoms with Gasteiger partial charge in [-0.05, 0) is 76.9 Å². The Kier molecular flexibility index (Phi) is 10.7. The second-order valence-corrected chi connectivity index (χ2v) is 9.76. The molecule has 0 aromatic heterocycles. The fourth-order valence-corrected chi connectivity index (χ4v) is 4.23. The summed E-state index contributed by atoms with van der Waals surface area (Å²) in [5, 5.41) is 22.6. The number of aliphatic hydroxyl groups excluding tert-OH is 1. The van der Waals surface area contributed by atoms with Gasteiger partial charge < -0.3 is 25.0 Å². The van der Waals surface area contributed by atoms with Crippen molar-refractivity contribution in [3.63, 3.8) is 0 Å². The van der Waals surface area contributed by atoms with E-state index in [9.17, 15) is 32.7 Å². The van der Waals surface area contributed by atoms with E-state index in [1.54, 1.807) is 24.3 Å². The van der Waals surface area contributed by atoms with Crippen LogP contribution in [0.4, 0.5) is 13.2 Å². The van der Waals surface area contributed by atoms with Gasteiger partial charge in [-0.3, -0.25) is 14.4 Å². The summed E-state index contributed by atoms with van der Waals surface area (Å²) in [7, 11) is 0. The zero-order valence-corrected chi connectivity index (χ0v) is 23.7. The maximum absolute atomic E-state index is 13.2. The Balaban J connectivity index is 1.58. The molecule has 232 valence electrons. The molecule has 4 rings (SSSR count). The number of ketones is 1. The van der Waals surface area contributed by atoms with Gasteiger partial charge in [-0.2, -0.15) is 0 Å². The Hall–Kier alpha value is -5.42. The molecule has 1 unspecified atom stereocenters. The monoisotopic (exact) mass is 619 g/mol. The molecular formula is C34H28F3NO7. The third-order valence-electron chi connectivity index (χ3n) is 6.50. The smallest absolute Gasteiger partial charge is 0.489 e. The highest BCUT2D eigenvalue weighted by atomic mass is 19.4. The maximum atomic E-state index is 13.2. The Labute approximate surface area is 256 Å². The van der Waals surface area contributed by atoms with Crippen molar-refractivity contribution in [2.45, 2.75) is 25.5 Å². The molecule has 4 aromatic rings. The van der Waals surface area contributed by atoms with E-state index >= 15 is 0 Å². The van der Waals surface area contributed by atoms with Crippen molar-refractivity contribution in [2.75, 3.05) is 6.54 Å². The number of benzene rings is 4. The van der Waals surface area contributed by atoms with E-state index in [0.29, 0.717) is 23.5 Å². The van der Waals surface area contributed by atoms with Gasteiger partial charge in [-0.1, -0.05) is 54.6 Å². The number of carboxylic acid groups (broad SMARTS) is 1. The number of nitrogens with one attached hydrogen (secondary N) is 1. The standard InChI is InChI=1S/C34H28F3NO7/c35-34(36,37)45-28-16-12-24(13-17-28)30(39)20-29(23-10-14-27(15-11-23)44-21-22-4-2-1-3-5-22)32(42)25-6-8-26(9-7-25)33(43)38-19-18-31(40)41/h1-17,20,32,42H,18-19,21H2,(H,38,43)(H,40,41)/b29-20-. The zero-order chi connectivity index (χ0) is 32.4. The molecule has 4 aromatic carbocycles. The van der Waals surface area contributed by atoms with Crippen molar-refractivity contribution in [2.24, 2.45) is 0 Å². The third-order valence-corrected chi connectivity index (χ3v) is 6.50. The molecule has 1 amide bonds. The first-order valence-electron chi connectivity index (χ1n) is 13.7. The van der Waals surface area contributed by atoms with Crippen molar-refractivity contribution in [3.8, 4) is 11.5 Å². The van der Waals surface area contributed by atoms with Crippen molar-refractivity contribution < 1.29 is 47.2 Å². The topological polar surface area (TPSA) is 122 Å². The van der Waals surface area contributed by atoms with Crippen LogP contribution in [0, 0.1) is 0 Å². The Morgan fingerprint density at radius 2 is 1.36 bits per heavy atom. The number of rotatable bonds is 13. The fraction of sp³-hybridized carbons (Fsp3) is 0.147. The van der Waals surface area contributed by atoms with Gasteiger partial charge in [0.25, 0.3) is 5.91 Å². The molecule has 3 N–H and O–H groups in total. The minimum atomic E-state index is -4.88. The number of ether oxygens (including phenoxy) is 2. The Morgan fingerprint density at radius 3 is 1.96 bits per heavy atom. The van der Waals surface area contributed by atoms with Gasteiger partial charge in [0.2, 0.25) is 0 Å². The van der Waals surface area contributed by atoms with Crippen LogP contribution >= 0.6 is 0 Å². The molecule has 8 nitrogen and oxygen atoms in total. The first kappa shape index (κ1) is 32.5. The van der Waals surface area contributed by atoms with Gasteiger partial charge in [-0.25, -0.2) is 0 Å². The van der Waals surface area contributed by atoms with Crippen LogP contribution in [0.3, 0.4) is 0 Å². The normalized spacial score (nSPS) is 12.2. The highest BCUT2D eigenvalue weighted by Crippen LogP contribution is 2.32. The van der Waals surface area contributed by atoms with Crippen LogP contribution in [0.25, 0.3) is 5.57 Å². The predicted molar refractivity (Wildman–Crippen MR) is 159 cm³/mol.